The van der Waals surface area contributed by atoms with Crippen molar-refractivity contribution in [3.8, 4) is 0 Å². The van der Waals surface area contributed by atoms with Gasteiger partial charge in [-0.05, 0) is 12.6 Å². The fourth-order valence-electron chi connectivity index (χ4n) is 2.60. The van der Waals surface area contributed by atoms with Crippen LogP contribution in [0, 0.1) is 0 Å². The predicted molar refractivity (Wildman–Crippen MR) is 80.5 cm³/mol. The molecular weight excluding hydrogens is 250 g/mol. The van der Waals surface area contributed by atoms with Gasteiger partial charge >= 0.3 is 0 Å². The van der Waals surface area contributed by atoms with Crippen molar-refractivity contribution in [2.45, 2.75) is 6.04 Å². The van der Waals surface area contributed by atoms with Gasteiger partial charge in [-0.15, -0.1) is 0 Å². The molecule has 0 spiro atoms. The first-order chi connectivity index (χ1) is 9.74. The van der Waals surface area contributed by atoms with Crippen molar-refractivity contribution < 1.29 is 0 Å². The maximum Gasteiger partial charge on any atom is 0.225 e. The molecule has 0 aliphatic carbocycles. The molecule has 20 heavy (non-hydrogen) atoms. The average molecular weight is 269 g/mol. The Hall–Kier alpha value is -2.14. The van der Waals surface area contributed by atoms with E-state index in [-0.39, 0.29) is 6.04 Å². The fraction of sp³-hybridized carbons (Fsp3) is 0.333. The second-order valence-electron chi connectivity index (χ2n) is 5.20. The second kappa shape index (κ2) is 5.46. The first kappa shape index (κ1) is 12.9. The van der Waals surface area contributed by atoms with Crippen LogP contribution in [0.5, 0.6) is 0 Å². The molecule has 0 saturated carbocycles. The van der Waals surface area contributed by atoms with Crippen LogP contribution in [0.4, 0.5) is 11.6 Å². The van der Waals surface area contributed by atoms with E-state index in [1.54, 1.807) is 12.4 Å². The van der Waals surface area contributed by atoms with Gasteiger partial charge in [-0.3, -0.25) is 0 Å². The van der Waals surface area contributed by atoms with Crippen molar-refractivity contribution in [2.24, 2.45) is 0 Å². The average Bonchev–Trinajstić information content (AvgIpc) is 2.49. The van der Waals surface area contributed by atoms with E-state index in [1.807, 2.05) is 6.07 Å². The summed E-state index contributed by atoms with van der Waals surface area (Å²) in [5.74, 6) is 0.751. The van der Waals surface area contributed by atoms with Gasteiger partial charge < -0.3 is 15.5 Å². The number of nitrogens with zero attached hydrogens (tertiary/aromatic N) is 4. The van der Waals surface area contributed by atoms with Crippen LogP contribution in [0.25, 0.3) is 0 Å². The Balaban J connectivity index is 1.92. The van der Waals surface area contributed by atoms with Gasteiger partial charge in [-0.25, -0.2) is 9.97 Å². The lowest BCUT2D eigenvalue weighted by molar-refractivity contribution is 0.267. The highest BCUT2D eigenvalue weighted by atomic mass is 15.3. The summed E-state index contributed by atoms with van der Waals surface area (Å²) >= 11 is 0. The molecule has 1 atom stereocenters. The minimum absolute atomic E-state index is 0.276. The van der Waals surface area contributed by atoms with Crippen LogP contribution < -0.4 is 10.6 Å². The molecule has 5 nitrogen and oxygen atoms in total. The standard InChI is InChI=1S/C15H19N5/c1-19-7-8-20(15-17-9-13(16)10-18-15)14(11-19)12-5-3-2-4-6-12/h2-6,9-10,14H,7-8,11,16H2,1H3. The SMILES string of the molecule is CN1CCN(c2ncc(N)cn2)C(c2ccccc2)C1. The summed E-state index contributed by atoms with van der Waals surface area (Å²) in [7, 11) is 2.15. The van der Waals surface area contributed by atoms with E-state index < -0.39 is 0 Å². The van der Waals surface area contributed by atoms with Crippen LogP contribution in [-0.4, -0.2) is 41.5 Å². The van der Waals surface area contributed by atoms with Gasteiger partial charge in [0, 0.05) is 19.6 Å². The Morgan fingerprint density at radius 1 is 1.10 bits per heavy atom. The molecule has 2 heterocycles. The molecule has 1 unspecified atom stereocenters. The van der Waals surface area contributed by atoms with Crippen LogP contribution >= 0.6 is 0 Å². The highest BCUT2D eigenvalue weighted by Gasteiger charge is 2.28. The minimum Gasteiger partial charge on any atom is -0.396 e. The summed E-state index contributed by atoms with van der Waals surface area (Å²) in [6.07, 6.45) is 3.34. The van der Waals surface area contributed by atoms with Gasteiger partial charge in [0.05, 0.1) is 24.1 Å². The predicted octanol–water partition coefficient (Wildman–Crippen LogP) is 1.55. The molecule has 1 aliphatic heterocycles. The van der Waals surface area contributed by atoms with E-state index in [4.69, 9.17) is 5.73 Å². The Labute approximate surface area is 119 Å². The molecule has 2 aromatic rings. The lowest BCUT2D eigenvalue weighted by Crippen LogP contribution is -2.47. The maximum atomic E-state index is 5.67. The number of hydrogen-bond acceptors (Lipinski definition) is 5. The topological polar surface area (TPSA) is 58.3 Å². The number of benzene rings is 1. The number of hydrogen-bond donors (Lipinski definition) is 1. The van der Waals surface area contributed by atoms with Crippen molar-refractivity contribution in [3.63, 3.8) is 0 Å². The van der Waals surface area contributed by atoms with Crippen molar-refractivity contribution >= 4 is 11.6 Å². The Bertz CT molecular complexity index is 554. The van der Waals surface area contributed by atoms with Gasteiger partial charge in [0.15, 0.2) is 0 Å². The summed E-state index contributed by atoms with van der Waals surface area (Å²) < 4.78 is 0. The first-order valence-corrected chi connectivity index (χ1v) is 6.81. The largest absolute Gasteiger partial charge is 0.396 e. The zero-order chi connectivity index (χ0) is 13.9. The van der Waals surface area contributed by atoms with Gasteiger partial charge in [0.25, 0.3) is 0 Å². The maximum absolute atomic E-state index is 5.67. The van der Waals surface area contributed by atoms with Gasteiger partial charge in [0.2, 0.25) is 5.95 Å². The lowest BCUT2D eigenvalue weighted by Gasteiger charge is -2.40. The highest BCUT2D eigenvalue weighted by Crippen LogP contribution is 2.27. The molecule has 1 aromatic heterocycles. The number of likely N-dealkylation sites (N-methyl/N-ethyl adjacent to an activating group) is 1. The molecule has 104 valence electrons. The molecule has 5 heteroatoms. The molecule has 1 aliphatic rings. The number of nitrogen functional groups attached to an aromatic ring is 1. The van der Waals surface area contributed by atoms with E-state index in [0.29, 0.717) is 5.69 Å². The van der Waals surface area contributed by atoms with Crippen LogP contribution in [0.3, 0.4) is 0 Å². The lowest BCUT2D eigenvalue weighted by atomic mass is 10.0. The van der Waals surface area contributed by atoms with Crippen LogP contribution in [0.2, 0.25) is 0 Å². The van der Waals surface area contributed by atoms with Crippen molar-refractivity contribution in [3.05, 3.63) is 48.3 Å². The van der Waals surface area contributed by atoms with Crippen LogP contribution in [-0.2, 0) is 0 Å². The van der Waals surface area contributed by atoms with E-state index in [1.165, 1.54) is 5.56 Å². The molecular formula is C15H19N5. The second-order valence-corrected chi connectivity index (χ2v) is 5.20. The van der Waals surface area contributed by atoms with E-state index >= 15 is 0 Å². The molecule has 3 rings (SSSR count). The molecule has 0 radical (unpaired) electrons. The monoisotopic (exact) mass is 269 g/mol. The van der Waals surface area contributed by atoms with Crippen molar-refractivity contribution in [1.82, 2.24) is 14.9 Å². The summed E-state index contributed by atoms with van der Waals surface area (Å²) in [4.78, 5) is 13.3. The quantitative estimate of drug-likeness (QED) is 0.896. The normalized spacial score (nSPS) is 20.1. The van der Waals surface area contributed by atoms with E-state index in [0.717, 1.165) is 25.6 Å². The summed E-state index contributed by atoms with van der Waals surface area (Å²) in [5, 5.41) is 0. The Kier molecular flexibility index (Phi) is 3.52. The number of rotatable bonds is 2. The molecule has 0 amide bonds. The number of piperazine rings is 1. The van der Waals surface area contributed by atoms with E-state index in [9.17, 15) is 0 Å². The smallest absolute Gasteiger partial charge is 0.225 e. The van der Waals surface area contributed by atoms with Crippen molar-refractivity contribution in [1.29, 1.82) is 0 Å². The number of nitrogens with two attached hydrogens (primary N) is 1. The van der Waals surface area contributed by atoms with Crippen molar-refractivity contribution in [2.75, 3.05) is 37.3 Å². The third-order valence-electron chi connectivity index (χ3n) is 3.68. The zero-order valence-corrected chi connectivity index (χ0v) is 11.6. The fourth-order valence-corrected chi connectivity index (χ4v) is 2.60. The molecule has 1 aromatic carbocycles. The Morgan fingerprint density at radius 3 is 2.50 bits per heavy atom. The summed E-state index contributed by atoms with van der Waals surface area (Å²) in [6.45, 7) is 2.90. The summed E-state index contributed by atoms with van der Waals surface area (Å²) in [6, 6.07) is 10.8. The zero-order valence-electron chi connectivity index (χ0n) is 11.6. The third kappa shape index (κ3) is 2.58. The van der Waals surface area contributed by atoms with Gasteiger partial charge in [-0.1, -0.05) is 30.3 Å². The van der Waals surface area contributed by atoms with Crippen LogP contribution in [0.15, 0.2) is 42.7 Å². The first-order valence-electron chi connectivity index (χ1n) is 6.81. The van der Waals surface area contributed by atoms with E-state index in [2.05, 4.69) is 51.1 Å². The third-order valence-corrected chi connectivity index (χ3v) is 3.68. The molecule has 1 saturated heterocycles. The Morgan fingerprint density at radius 2 is 1.80 bits per heavy atom. The minimum atomic E-state index is 0.276. The number of anilines is 2. The molecule has 1 fully saturated rings. The van der Waals surface area contributed by atoms with Gasteiger partial charge in [-0.2, -0.15) is 0 Å². The van der Waals surface area contributed by atoms with Gasteiger partial charge in [0.1, 0.15) is 0 Å². The van der Waals surface area contributed by atoms with Crippen LogP contribution in [0.1, 0.15) is 11.6 Å². The summed E-state index contributed by atoms with van der Waals surface area (Å²) in [5.41, 5.74) is 7.56. The molecule has 2 N–H and O–H groups in total. The number of aromatic nitrogens is 2. The molecule has 0 bridgehead atoms. The highest BCUT2D eigenvalue weighted by molar-refractivity contribution is 5.41.